The number of carbonyl (C=O) groups is 1. The summed E-state index contributed by atoms with van der Waals surface area (Å²) in [6.07, 6.45) is 8.12. The van der Waals surface area contributed by atoms with Crippen molar-refractivity contribution in [2.45, 2.75) is 19.4 Å². The Bertz CT molecular complexity index is 204. The molecule has 0 saturated carbocycles. The van der Waals surface area contributed by atoms with Crippen molar-refractivity contribution in [2.75, 3.05) is 7.11 Å². The third-order valence-electron chi connectivity index (χ3n) is 2.05. The van der Waals surface area contributed by atoms with E-state index in [1.165, 1.54) is 0 Å². The SMILES string of the molecule is CCC(=O)C(OC)C1C=CC=C1. The summed E-state index contributed by atoms with van der Waals surface area (Å²) in [6, 6.07) is 0. The van der Waals surface area contributed by atoms with Gasteiger partial charge in [0.2, 0.25) is 0 Å². The highest BCUT2D eigenvalue weighted by molar-refractivity contribution is 5.83. The molecule has 1 unspecified atom stereocenters. The van der Waals surface area contributed by atoms with Gasteiger partial charge < -0.3 is 4.74 Å². The molecule has 0 N–H and O–H groups in total. The van der Waals surface area contributed by atoms with E-state index in [4.69, 9.17) is 4.74 Å². The van der Waals surface area contributed by atoms with Crippen molar-refractivity contribution in [3.8, 4) is 0 Å². The first-order valence-electron chi connectivity index (χ1n) is 4.20. The summed E-state index contributed by atoms with van der Waals surface area (Å²) in [5.41, 5.74) is 0. The molecule has 0 aromatic rings. The van der Waals surface area contributed by atoms with E-state index in [0.717, 1.165) is 0 Å². The van der Waals surface area contributed by atoms with Gasteiger partial charge in [0.1, 0.15) is 6.10 Å². The fraction of sp³-hybridized carbons (Fsp3) is 0.500. The van der Waals surface area contributed by atoms with Gasteiger partial charge in [0.15, 0.2) is 5.78 Å². The van der Waals surface area contributed by atoms with Gasteiger partial charge >= 0.3 is 0 Å². The molecule has 1 aliphatic carbocycles. The van der Waals surface area contributed by atoms with Gasteiger partial charge in [0.25, 0.3) is 0 Å². The maximum atomic E-state index is 11.3. The quantitative estimate of drug-likeness (QED) is 0.635. The summed E-state index contributed by atoms with van der Waals surface area (Å²) < 4.78 is 5.13. The molecule has 0 aliphatic heterocycles. The average molecular weight is 166 g/mol. The zero-order valence-electron chi connectivity index (χ0n) is 7.49. The minimum Gasteiger partial charge on any atom is -0.373 e. The van der Waals surface area contributed by atoms with E-state index >= 15 is 0 Å². The van der Waals surface area contributed by atoms with Crippen LogP contribution in [0.2, 0.25) is 0 Å². The second-order valence-corrected chi connectivity index (χ2v) is 2.82. The number of ether oxygens (including phenoxy) is 1. The van der Waals surface area contributed by atoms with Gasteiger partial charge in [-0.1, -0.05) is 31.2 Å². The summed E-state index contributed by atoms with van der Waals surface area (Å²) in [5, 5.41) is 0. The Morgan fingerprint density at radius 1 is 1.50 bits per heavy atom. The highest BCUT2D eigenvalue weighted by Crippen LogP contribution is 2.17. The van der Waals surface area contributed by atoms with Crippen LogP contribution in [0.1, 0.15) is 13.3 Å². The molecule has 1 aliphatic rings. The topological polar surface area (TPSA) is 26.3 Å². The highest BCUT2D eigenvalue weighted by Gasteiger charge is 2.23. The molecule has 1 rings (SSSR count). The molecular formula is C10H14O2. The first kappa shape index (κ1) is 9.20. The van der Waals surface area contributed by atoms with Crippen LogP contribution in [-0.4, -0.2) is 19.0 Å². The number of ketones is 1. The minimum atomic E-state index is -0.287. The van der Waals surface area contributed by atoms with Crippen LogP contribution in [0.5, 0.6) is 0 Å². The van der Waals surface area contributed by atoms with Crippen LogP contribution < -0.4 is 0 Å². The molecule has 0 spiro atoms. The summed E-state index contributed by atoms with van der Waals surface area (Å²) in [4.78, 5) is 11.3. The predicted molar refractivity (Wildman–Crippen MR) is 47.9 cm³/mol. The highest BCUT2D eigenvalue weighted by atomic mass is 16.5. The van der Waals surface area contributed by atoms with Crippen LogP contribution in [0.3, 0.4) is 0 Å². The van der Waals surface area contributed by atoms with Crippen LogP contribution in [0, 0.1) is 5.92 Å². The standard InChI is InChI=1S/C10H14O2/c1-3-9(11)10(12-2)8-6-4-5-7-8/h4-8,10H,3H2,1-2H3. The second kappa shape index (κ2) is 4.21. The number of allylic oxidation sites excluding steroid dienone is 2. The average Bonchev–Trinajstić information content (AvgIpc) is 2.58. The third kappa shape index (κ3) is 1.83. The van der Waals surface area contributed by atoms with Crippen LogP contribution in [0.15, 0.2) is 24.3 Å². The van der Waals surface area contributed by atoms with Crippen molar-refractivity contribution in [1.82, 2.24) is 0 Å². The van der Waals surface area contributed by atoms with E-state index in [0.29, 0.717) is 6.42 Å². The van der Waals surface area contributed by atoms with Gasteiger partial charge in [-0.25, -0.2) is 0 Å². The molecule has 0 aromatic carbocycles. The predicted octanol–water partition coefficient (Wildman–Crippen LogP) is 1.72. The Hall–Kier alpha value is -0.890. The van der Waals surface area contributed by atoms with Gasteiger partial charge in [-0.2, -0.15) is 0 Å². The number of carbonyl (C=O) groups excluding carboxylic acids is 1. The van der Waals surface area contributed by atoms with E-state index in [1.807, 2.05) is 31.2 Å². The largest absolute Gasteiger partial charge is 0.373 e. The molecule has 0 radical (unpaired) electrons. The van der Waals surface area contributed by atoms with Crippen LogP contribution in [0.25, 0.3) is 0 Å². The number of Topliss-reactive ketones (excluding diaryl/α,β-unsaturated/α-hetero) is 1. The molecule has 12 heavy (non-hydrogen) atoms. The molecule has 1 atom stereocenters. The molecule has 0 saturated heterocycles. The summed E-state index contributed by atoms with van der Waals surface area (Å²) in [7, 11) is 1.58. The van der Waals surface area contributed by atoms with Gasteiger partial charge in [0, 0.05) is 19.4 Å². The molecule has 0 heterocycles. The first-order valence-corrected chi connectivity index (χ1v) is 4.20. The molecule has 0 aromatic heterocycles. The monoisotopic (exact) mass is 166 g/mol. The number of hydrogen-bond donors (Lipinski definition) is 0. The second-order valence-electron chi connectivity index (χ2n) is 2.82. The first-order chi connectivity index (χ1) is 5.79. The minimum absolute atomic E-state index is 0.141. The van der Waals surface area contributed by atoms with Gasteiger partial charge in [-0.05, 0) is 0 Å². The maximum Gasteiger partial charge on any atom is 0.162 e. The van der Waals surface area contributed by atoms with Gasteiger partial charge in [-0.3, -0.25) is 4.79 Å². The molecule has 2 heteroatoms. The Kier molecular flexibility index (Phi) is 3.23. The van der Waals surface area contributed by atoms with Crippen LogP contribution in [-0.2, 0) is 9.53 Å². The zero-order chi connectivity index (χ0) is 8.97. The molecule has 2 nitrogen and oxygen atoms in total. The van der Waals surface area contributed by atoms with E-state index < -0.39 is 0 Å². The van der Waals surface area contributed by atoms with E-state index in [1.54, 1.807) is 7.11 Å². The normalized spacial score (nSPS) is 18.5. The lowest BCUT2D eigenvalue weighted by Gasteiger charge is -2.16. The molecule has 0 amide bonds. The number of rotatable bonds is 4. The zero-order valence-corrected chi connectivity index (χ0v) is 7.49. The van der Waals surface area contributed by atoms with Crippen molar-refractivity contribution in [2.24, 2.45) is 5.92 Å². The number of methoxy groups -OCH3 is 1. The van der Waals surface area contributed by atoms with E-state index in [9.17, 15) is 4.79 Å². The Labute approximate surface area is 72.9 Å². The summed E-state index contributed by atoms with van der Waals surface area (Å²) >= 11 is 0. The fourth-order valence-corrected chi connectivity index (χ4v) is 1.36. The Morgan fingerprint density at radius 2 is 2.08 bits per heavy atom. The van der Waals surface area contributed by atoms with Crippen molar-refractivity contribution < 1.29 is 9.53 Å². The van der Waals surface area contributed by atoms with E-state index in [2.05, 4.69) is 0 Å². The Balaban J connectivity index is 2.61. The third-order valence-corrected chi connectivity index (χ3v) is 2.05. The van der Waals surface area contributed by atoms with Crippen molar-refractivity contribution in [3.63, 3.8) is 0 Å². The van der Waals surface area contributed by atoms with Crippen LogP contribution >= 0.6 is 0 Å². The van der Waals surface area contributed by atoms with Crippen molar-refractivity contribution >= 4 is 5.78 Å². The molecular weight excluding hydrogens is 152 g/mol. The smallest absolute Gasteiger partial charge is 0.162 e. The van der Waals surface area contributed by atoms with Gasteiger partial charge in [0.05, 0.1) is 0 Å². The molecule has 0 fully saturated rings. The van der Waals surface area contributed by atoms with Crippen molar-refractivity contribution in [3.05, 3.63) is 24.3 Å². The fourth-order valence-electron chi connectivity index (χ4n) is 1.36. The lowest BCUT2D eigenvalue weighted by molar-refractivity contribution is -0.129. The lowest BCUT2D eigenvalue weighted by atomic mass is 9.99. The van der Waals surface area contributed by atoms with Gasteiger partial charge in [-0.15, -0.1) is 0 Å². The summed E-state index contributed by atoms with van der Waals surface area (Å²) in [5.74, 6) is 0.307. The van der Waals surface area contributed by atoms with Crippen LogP contribution in [0.4, 0.5) is 0 Å². The Morgan fingerprint density at radius 3 is 2.50 bits per heavy atom. The number of hydrogen-bond acceptors (Lipinski definition) is 2. The maximum absolute atomic E-state index is 11.3. The van der Waals surface area contributed by atoms with E-state index in [-0.39, 0.29) is 17.8 Å². The van der Waals surface area contributed by atoms with Crippen molar-refractivity contribution in [1.29, 1.82) is 0 Å². The lowest BCUT2D eigenvalue weighted by Crippen LogP contribution is -2.28. The summed E-state index contributed by atoms with van der Waals surface area (Å²) in [6.45, 7) is 1.86. The molecule has 66 valence electrons. The molecule has 0 bridgehead atoms.